The second-order valence-electron chi connectivity index (χ2n) is 5.81. The fourth-order valence-electron chi connectivity index (χ4n) is 3.71. The zero-order chi connectivity index (χ0) is 13.3. The van der Waals surface area contributed by atoms with E-state index in [0.29, 0.717) is 12.0 Å². The number of hydrogen-bond donors (Lipinski definition) is 2. The molecule has 98 valence electrons. The summed E-state index contributed by atoms with van der Waals surface area (Å²) in [6, 6.07) is 0. The summed E-state index contributed by atoms with van der Waals surface area (Å²) in [5.41, 5.74) is -1.25. The lowest BCUT2D eigenvalue weighted by atomic mass is 9.57. The highest BCUT2D eigenvalue weighted by atomic mass is 16.6. The van der Waals surface area contributed by atoms with E-state index in [0.717, 1.165) is 5.57 Å². The van der Waals surface area contributed by atoms with Crippen molar-refractivity contribution in [2.24, 2.45) is 11.3 Å². The molecule has 1 aliphatic heterocycles. The molecule has 0 aromatic heterocycles. The fourth-order valence-corrected chi connectivity index (χ4v) is 3.71. The normalized spacial score (nSPS) is 47.1. The number of ketones is 1. The molecule has 2 fully saturated rings. The summed E-state index contributed by atoms with van der Waals surface area (Å²) in [6.45, 7) is 3.51. The van der Waals surface area contributed by atoms with Gasteiger partial charge in [-0.3, -0.25) is 4.79 Å². The van der Waals surface area contributed by atoms with Gasteiger partial charge in [-0.1, -0.05) is 12.5 Å². The Labute approximate surface area is 104 Å². The van der Waals surface area contributed by atoms with Gasteiger partial charge in [0.2, 0.25) is 0 Å². The van der Waals surface area contributed by atoms with Crippen LogP contribution in [0.25, 0.3) is 0 Å². The second-order valence-corrected chi connectivity index (χ2v) is 5.81. The van der Waals surface area contributed by atoms with Crippen molar-refractivity contribution in [3.05, 3.63) is 11.1 Å². The van der Waals surface area contributed by atoms with Crippen LogP contribution in [0.15, 0.2) is 11.1 Å². The number of esters is 1. The predicted octanol–water partition coefficient (Wildman–Crippen LogP) is -0.0493. The molecule has 1 saturated heterocycles. The average molecular weight is 252 g/mol. The van der Waals surface area contributed by atoms with Crippen molar-refractivity contribution in [3.63, 3.8) is 0 Å². The van der Waals surface area contributed by atoms with Gasteiger partial charge in [-0.05, 0) is 24.8 Å². The highest BCUT2D eigenvalue weighted by molar-refractivity contribution is 5.99. The summed E-state index contributed by atoms with van der Waals surface area (Å²) < 4.78 is 4.97. The van der Waals surface area contributed by atoms with Gasteiger partial charge in [0.15, 0.2) is 11.4 Å². The minimum absolute atomic E-state index is 0.0343. The molecule has 3 aliphatic rings. The van der Waals surface area contributed by atoms with E-state index in [4.69, 9.17) is 4.74 Å². The molecule has 5 nitrogen and oxygen atoms in total. The first-order valence-electron chi connectivity index (χ1n) is 6.13. The van der Waals surface area contributed by atoms with Crippen molar-refractivity contribution >= 4 is 11.8 Å². The maximum atomic E-state index is 11.8. The number of carbonyl (C=O) groups is 2. The standard InChI is InChI=1S/C13H16O5/c1-6-7-3-10(15)13(17)11(16)18-5-12(13,2)8(7)4-9(6)14/h8,10,15,17H,3-5H2,1-2H3/t8-,10?,12+,13?/m1/s1. The summed E-state index contributed by atoms with van der Waals surface area (Å²) in [5, 5.41) is 20.7. The van der Waals surface area contributed by atoms with E-state index in [1.54, 1.807) is 13.8 Å². The van der Waals surface area contributed by atoms with Gasteiger partial charge in [0.25, 0.3) is 0 Å². The van der Waals surface area contributed by atoms with E-state index in [-0.39, 0.29) is 24.7 Å². The number of rotatable bonds is 0. The van der Waals surface area contributed by atoms with Gasteiger partial charge < -0.3 is 14.9 Å². The van der Waals surface area contributed by atoms with Crippen LogP contribution in [0.3, 0.4) is 0 Å². The number of allylic oxidation sites excluding steroid dienone is 1. The summed E-state index contributed by atoms with van der Waals surface area (Å²) in [4.78, 5) is 23.6. The maximum Gasteiger partial charge on any atom is 0.341 e. The molecule has 0 amide bonds. The van der Waals surface area contributed by atoms with Crippen molar-refractivity contribution in [1.29, 1.82) is 0 Å². The van der Waals surface area contributed by atoms with Gasteiger partial charge in [-0.25, -0.2) is 4.79 Å². The van der Waals surface area contributed by atoms with E-state index < -0.39 is 23.1 Å². The lowest BCUT2D eigenvalue weighted by Gasteiger charge is -2.47. The minimum Gasteiger partial charge on any atom is -0.463 e. The first-order chi connectivity index (χ1) is 8.32. The molecule has 2 unspecified atom stereocenters. The SMILES string of the molecule is CC1=C2CC(O)C3(O)C(=O)OC[C@@]3(C)[C@@H]2CC1=O. The Balaban J connectivity index is 2.16. The van der Waals surface area contributed by atoms with Crippen LogP contribution in [0, 0.1) is 11.3 Å². The van der Waals surface area contributed by atoms with Crippen LogP contribution in [0.4, 0.5) is 0 Å². The number of carbonyl (C=O) groups excluding carboxylic acids is 2. The Kier molecular flexibility index (Phi) is 2.12. The highest BCUT2D eigenvalue weighted by Crippen LogP contribution is 2.58. The quantitative estimate of drug-likeness (QED) is 0.591. The van der Waals surface area contributed by atoms with Crippen LogP contribution >= 0.6 is 0 Å². The number of hydrogen-bond acceptors (Lipinski definition) is 5. The summed E-state index contributed by atoms with van der Waals surface area (Å²) in [6.07, 6.45) is -0.739. The summed E-state index contributed by atoms with van der Waals surface area (Å²) in [7, 11) is 0. The Morgan fingerprint density at radius 2 is 2.00 bits per heavy atom. The number of aliphatic hydroxyl groups excluding tert-OH is 1. The third-order valence-electron chi connectivity index (χ3n) is 5.06. The average Bonchev–Trinajstić information content (AvgIpc) is 2.73. The van der Waals surface area contributed by atoms with Gasteiger partial charge in [-0.2, -0.15) is 0 Å². The first-order valence-corrected chi connectivity index (χ1v) is 6.13. The number of cyclic esters (lactones) is 1. The fraction of sp³-hybridized carbons (Fsp3) is 0.692. The number of Topliss-reactive ketones (excluding diaryl/α,β-unsaturated/α-hetero) is 1. The van der Waals surface area contributed by atoms with Crippen molar-refractivity contribution < 1.29 is 24.5 Å². The van der Waals surface area contributed by atoms with Gasteiger partial charge in [0, 0.05) is 6.42 Å². The molecule has 0 radical (unpaired) electrons. The van der Waals surface area contributed by atoms with E-state index in [2.05, 4.69) is 0 Å². The lowest BCUT2D eigenvalue weighted by Crippen LogP contribution is -2.62. The zero-order valence-corrected chi connectivity index (χ0v) is 10.4. The Bertz CT molecular complexity index is 494. The van der Waals surface area contributed by atoms with Crippen molar-refractivity contribution in [2.75, 3.05) is 6.61 Å². The second kappa shape index (κ2) is 3.22. The third-order valence-corrected chi connectivity index (χ3v) is 5.06. The number of aliphatic hydroxyl groups is 2. The molecule has 1 heterocycles. The minimum atomic E-state index is -1.88. The monoisotopic (exact) mass is 252 g/mol. The topological polar surface area (TPSA) is 83.8 Å². The van der Waals surface area contributed by atoms with E-state index in [9.17, 15) is 19.8 Å². The van der Waals surface area contributed by atoms with Crippen LogP contribution in [0.2, 0.25) is 0 Å². The molecule has 18 heavy (non-hydrogen) atoms. The summed E-state index contributed by atoms with van der Waals surface area (Å²) in [5.74, 6) is -0.939. The molecular weight excluding hydrogens is 236 g/mol. The predicted molar refractivity (Wildman–Crippen MR) is 60.5 cm³/mol. The van der Waals surface area contributed by atoms with Crippen LogP contribution in [-0.2, 0) is 14.3 Å². The Morgan fingerprint density at radius 1 is 1.33 bits per heavy atom. The maximum absolute atomic E-state index is 11.8. The Morgan fingerprint density at radius 3 is 2.67 bits per heavy atom. The van der Waals surface area contributed by atoms with Crippen LogP contribution in [0.5, 0.6) is 0 Å². The van der Waals surface area contributed by atoms with Crippen molar-refractivity contribution in [2.45, 2.75) is 38.4 Å². The molecule has 2 N–H and O–H groups in total. The largest absolute Gasteiger partial charge is 0.463 e. The molecule has 3 rings (SSSR count). The van der Waals surface area contributed by atoms with Gasteiger partial charge in [0.05, 0.1) is 11.5 Å². The van der Waals surface area contributed by atoms with Crippen LogP contribution in [-0.4, -0.2) is 40.3 Å². The zero-order valence-electron chi connectivity index (χ0n) is 10.4. The number of ether oxygens (including phenoxy) is 1. The van der Waals surface area contributed by atoms with E-state index in [1.165, 1.54) is 0 Å². The lowest BCUT2D eigenvalue weighted by molar-refractivity contribution is -0.182. The molecule has 0 aromatic carbocycles. The molecule has 5 heteroatoms. The van der Waals surface area contributed by atoms with E-state index >= 15 is 0 Å². The Hall–Kier alpha value is -1.20. The van der Waals surface area contributed by atoms with Crippen molar-refractivity contribution in [3.8, 4) is 0 Å². The highest BCUT2D eigenvalue weighted by Gasteiger charge is 2.70. The van der Waals surface area contributed by atoms with Crippen LogP contribution < -0.4 is 0 Å². The summed E-state index contributed by atoms with van der Waals surface area (Å²) >= 11 is 0. The molecule has 0 aromatic rings. The van der Waals surface area contributed by atoms with Crippen LogP contribution in [0.1, 0.15) is 26.7 Å². The van der Waals surface area contributed by atoms with Gasteiger partial charge in [0.1, 0.15) is 6.61 Å². The molecule has 0 spiro atoms. The van der Waals surface area contributed by atoms with Gasteiger partial charge >= 0.3 is 5.97 Å². The molecule has 0 bridgehead atoms. The smallest absolute Gasteiger partial charge is 0.341 e. The molecule has 1 saturated carbocycles. The molecule has 2 aliphatic carbocycles. The van der Waals surface area contributed by atoms with E-state index in [1.807, 2.05) is 0 Å². The van der Waals surface area contributed by atoms with Gasteiger partial charge in [-0.15, -0.1) is 0 Å². The van der Waals surface area contributed by atoms with Crippen molar-refractivity contribution in [1.82, 2.24) is 0 Å². The number of fused-ring (bicyclic) bond motifs is 3. The third kappa shape index (κ3) is 1.05. The molecular formula is C13H16O5. The first kappa shape index (κ1) is 11.9. The molecule has 4 atom stereocenters.